The fourth-order valence-corrected chi connectivity index (χ4v) is 3.68. The Morgan fingerprint density at radius 3 is 2.69 bits per heavy atom. The molecule has 0 atom stereocenters. The van der Waals surface area contributed by atoms with Crippen LogP contribution in [0.15, 0.2) is 53.7 Å². The van der Waals surface area contributed by atoms with Crippen molar-refractivity contribution in [1.29, 1.82) is 0 Å². The Labute approximate surface area is 165 Å². The van der Waals surface area contributed by atoms with Gasteiger partial charge in [-0.3, -0.25) is 14.2 Å². The highest BCUT2D eigenvalue weighted by atomic mass is 32.1. The van der Waals surface area contributed by atoms with E-state index in [2.05, 4.69) is 10.1 Å². The summed E-state index contributed by atoms with van der Waals surface area (Å²) in [5.74, 6) is -0.225. The molecule has 1 aromatic carbocycles. The van der Waals surface area contributed by atoms with Crippen molar-refractivity contribution in [3.8, 4) is 5.69 Å². The Kier molecular flexibility index (Phi) is 4.58. The quantitative estimate of drug-likeness (QED) is 0.472. The lowest BCUT2D eigenvalue weighted by Gasteiger charge is -2.09. The molecule has 0 bridgehead atoms. The van der Waals surface area contributed by atoms with Crippen LogP contribution in [0.5, 0.6) is 0 Å². The van der Waals surface area contributed by atoms with Crippen LogP contribution in [0.3, 0.4) is 0 Å². The third kappa shape index (κ3) is 3.58. The van der Waals surface area contributed by atoms with Gasteiger partial charge in [0.25, 0.3) is 5.56 Å². The second-order valence-corrected chi connectivity index (χ2v) is 7.64. The Bertz CT molecular complexity index is 1290. The molecule has 0 aliphatic carbocycles. The SMILES string of the molecule is Cc1ccc(C(=O)Cn2cnc3c(cnn3-c3cccc(C(F)(F)F)c3)c2=O)s1. The van der Waals surface area contributed by atoms with Gasteiger partial charge in [0.2, 0.25) is 0 Å². The lowest BCUT2D eigenvalue weighted by atomic mass is 10.2. The minimum atomic E-state index is -4.50. The molecule has 3 aromatic heterocycles. The number of thiophene rings is 1. The predicted octanol–water partition coefficient (Wildman–Crippen LogP) is 3.85. The highest BCUT2D eigenvalue weighted by Crippen LogP contribution is 2.30. The fourth-order valence-electron chi connectivity index (χ4n) is 2.88. The molecule has 10 heteroatoms. The van der Waals surface area contributed by atoms with Crippen molar-refractivity contribution in [1.82, 2.24) is 19.3 Å². The number of alkyl halides is 3. The van der Waals surface area contributed by atoms with Gasteiger partial charge in [0.15, 0.2) is 11.4 Å². The molecule has 3 heterocycles. The van der Waals surface area contributed by atoms with Crippen LogP contribution in [-0.4, -0.2) is 25.1 Å². The largest absolute Gasteiger partial charge is 0.416 e. The first-order valence-corrected chi connectivity index (χ1v) is 9.26. The van der Waals surface area contributed by atoms with Crippen molar-refractivity contribution in [3.05, 3.63) is 74.6 Å². The van der Waals surface area contributed by atoms with Crippen LogP contribution in [0.2, 0.25) is 0 Å². The van der Waals surface area contributed by atoms with Gasteiger partial charge in [0.1, 0.15) is 11.7 Å². The number of rotatable bonds is 4. The number of nitrogens with zero attached hydrogens (tertiary/aromatic N) is 4. The number of aromatic nitrogens is 4. The summed E-state index contributed by atoms with van der Waals surface area (Å²) in [7, 11) is 0. The summed E-state index contributed by atoms with van der Waals surface area (Å²) in [4.78, 5) is 30.8. The minimum absolute atomic E-state index is 0.111. The number of ketones is 1. The number of aryl methyl sites for hydroxylation is 1. The Morgan fingerprint density at radius 2 is 2.00 bits per heavy atom. The summed E-state index contributed by atoms with van der Waals surface area (Å²) in [5.41, 5.74) is -1.08. The van der Waals surface area contributed by atoms with E-state index in [9.17, 15) is 22.8 Å². The maximum atomic E-state index is 13.0. The van der Waals surface area contributed by atoms with Gasteiger partial charge in [-0.25, -0.2) is 9.67 Å². The van der Waals surface area contributed by atoms with Crippen molar-refractivity contribution in [3.63, 3.8) is 0 Å². The molecule has 0 amide bonds. The maximum Gasteiger partial charge on any atom is 0.416 e. The third-order valence-electron chi connectivity index (χ3n) is 4.30. The van der Waals surface area contributed by atoms with E-state index >= 15 is 0 Å². The molecule has 0 fully saturated rings. The van der Waals surface area contributed by atoms with Crippen molar-refractivity contribution in [2.24, 2.45) is 0 Å². The number of benzene rings is 1. The van der Waals surface area contributed by atoms with E-state index in [1.54, 1.807) is 6.07 Å². The third-order valence-corrected chi connectivity index (χ3v) is 5.34. The average Bonchev–Trinajstić information content (AvgIpc) is 3.30. The van der Waals surface area contributed by atoms with E-state index < -0.39 is 17.3 Å². The number of carbonyl (C=O) groups is 1. The van der Waals surface area contributed by atoms with Gasteiger partial charge in [-0.15, -0.1) is 11.3 Å². The number of hydrogen-bond acceptors (Lipinski definition) is 5. The van der Waals surface area contributed by atoms with Crippen LogP contribution in [0, 0.1) is 6.92 Å². The van der Waals surface area contributed by atoms with Crippen LogP contribution < -0.4 is 5.56 Å². The molecule has 4 aromatic rings. The van der Waals surface area contributed by atoms with Crippen LogP contribution in [0.4, 0.5) is 13.2 Å². The first kappa shape index (κ1) is 19.1. The molecule has 148 valence electrons. The Hall–Kier alpha value is -3.27. The Morgan fingerprint density at radius 1 is 1.21 bits per heavy atom. The lowest BCUT2D eigenvalue weighted by Crippen LogP contribution is -2.24. The van der Waals surface area contributed by atoms with Gasteiger partial charge in [-0.05, 0) is 37.3 Å². The minimum Gasteiger partial charge on any atom is -0.291 e. The first-order chi connectivity index (χ1) is 13.7. The van der Waals surface area contributed by atoms with Gasteiger partial charge in [0, 0.05) is 4.88 Å². The topological polar surface area (TPSA) is 69.8 Å². The van der Waals surface area contributed by atoms with Crippen LogP contribution in [0.25, 0.3) is 16.7 Å². The molecular weight excluding hydrogens is 405 g/mol. The summed E-state index contributed by atoms with van der Waals surface area (Å²) in [6, 6.07) is 8.11. The second kappa shape index (κ2) is 6.96. The van der Waals surface area contributed by atoms with E-state index in [1.165, 1.54) is 40.7 Å². The zero-order chi connectivity index (χ0) is 20.8. The summed E-state index contributed by atoms with van der Waals surface area (Å²) in [5, 5.41) is 4.13. The van der Waals surface area contributed by atoms with Gasteiger partial charge < -0.3 is 0 Å². The monoisotopic (exact) mass is 418 g/mol. The number of Topliss-reactive ketones (excluding diaryl/α,β-unsaturated/α-hetero) is 1. The zero-order valence-corrected chi connectivity index (χ0v) is 15.8. The summed E-state index contributed by atoms with van der Waals surface area (Å²) < 4.78 is 41.3. The molecule has 0 saturated heterocycles. The fraction of sp³-hybridized carbons (Fsp3) is 0.158. The summed E-state index contributed by atoms with van der Waals surface area (Å²) in [6.07, 6.45) is -2.06. The molecule has 0 aliphatic heterocycles. The highest BCUT2D eigenvalue weighted by Gasteiger charge is 2.30. The number of carbonyl (C=O) groups excluding carboxylic acids is 1. The first-order valence-electron chi connectivity index (χ1n) is 8.44. The number of hydrogen-bond donors (Lipinski definition) is 0. The molecule has 0 N–H and O–H groups in total. The van der Waals surface area contributed by atoms with Gasteiger partial charge in [-0.2, -0.15) is 18.3 Å². The van der Waals surface area contributed by atoms with E-state index in [1.807, 2.05) is 13.0 Å². The smallest absolute Gasteiger partial charge is 0.291 e. The van der Waals surface area contributed by atoms with Crippen molar-refractivity contribution >= 4 is 28.2 Å². The molecule has 0 radical (unpaired) electrons. The number of halogens is 3. The zero-order valence-electron chi connectivity index (χ0n) is 15.0. The van der Waals surface area contributed by atoms with E-state index in [4.69, 9.17) is 0 Å². The predicted molar refractivity (Wildman–Crippen MR) is 102 cm³/mol. The molecule has 0 aliphatic rings. The molecule has 0 spiro atoms. The van der Waals surface area contributed by atoms with Gasteiger partial charge in [0.05, 0.1) is 28.9 Å². The second-order valence-electron chi connectivity index (χ2n) is 6.35. The van der Waals surface area contributed by atoms with E-state index in [-0.39, 0.29) is 29.0 Å². The van der Waals surface area contributed by atoms with Crippen LogP contribution >= 0.6 is 11.3 Å². The van der Waals surface area contributed by atoms with Crippen molar-refractivity contribution < 1.29 is 18.0 Å². The lowest BCUT2D eigenvalue weighted by molar-refractivity contribution is -0.137. The van der Waals surface area contributed by atoms with Gasteiger partial charge >= 0.3 is 6.18 Å². The normalized spacial score (nSPS) is 11.9. The summed E-state index contributed by atoms with van der Waals surface area (Å²) >= 11 is 1.34. The molecule has 4 rings (SSSR count). The average molecular weight is 418 g/mol. The van der Waals surface area contributed by atoms with Crippen molar-refractivity contribution in [2.75, 3.05) is 0 Å². The van der Waals surface area contributed by atoms with Crippen LogP contribution in [0.1, 0.15) is 20.1 Å². The molecule has 0 saturated carbocycles. The van der Waals surface area contributed by atoms with Crippen molar-refractivity contribution in [2.45, 2.75) is 19.6 Å². The maximum absolute atomic E-state index is 13.0. The van der Waals surface area contributed by atoms with E-state index in [0.29, 0.717) is 4.88 Å². The molecule has 29 heavy (non-hydrogen) atoms. The highest BCUT2D eigenvalue weighted by molar-refractivity contribution is 7.14. The molecular formula is C19H13F3N4O2S. The summed E-state index contributed by atoms with van der Waals surface area (Å²) in [6.45, 7) is 1.69. The van der Waals surface area contributed by atoms with Gasteiger partial charge in [-0.1, -0.05) is 6.07 Å². The van der Waals surface area contributed by atoms with E-state index in [0.717, 1.165) is 21.6 Å². The van der Waals surface area contributed by atoms with Crippen LogP contribution in [-0.2, 0) is 12.7 Å². The molecule has 0 unspecified atom stereocenters. The molecule has 6 nitrogen and oxygen atoms in total. The number of fused-ring (bicyclic) bond motifs is 1. The standard InChI is InChI=1S/C19H13F3N4O2S/c1-11-5-6-16(29-11)15(27)9-25-10-23-17-14(18(25)28)8-24-26(17)13-4-2-3-12(7-13)19(20,21)22/h2-8,10H,9H2,1H3. The Balaban J connectivity index is 1.71.